The highest BCUT2D eigenvalue weighted by Gasteiger charge is 2.28. The van der Waals surface area contributed by atoms with Crippen LogP contribution in [0.15, 0.2) is 16.5 Å². The van der Waals surface area contributed by atoms with Crippen LogP contribution >= 0.6 is 22.7 Å². The standard InChI is InChI=1S/C16H24N4O4S2/c1-4-23-16(21)14-13(17)15(19-26(14)22)18-7-8-25-10-12-6-5-11(24-12)9-20(2)3/h5-6H,4,7-10,17H2,1-3H3,(H,18,19). The number of hydrogen-bond acceptors (Lipinski definition) is 9. The molecule has 2 aromatic heterocycles. The van der Waals surface area contributed by atoms with Gasteiger partial charge < -0.3 is 29.7 Å². The third-order valence-electron chi connectivity index (χ3n) is 3.28. The number of esters is 1. The summed E-state index contributed by atoms with van der Waals surface area (Å²) in [6.45, 7) is 3.21. The van der Waals surface area contributed by atoms with Gasteiger partial charge in [0, 0.05) is 12.3 Å². The molecule has 3 N–H and O–H groups in total. The van der Waals surface area contributed by atoms with Gasteiger partial charge >= 0.3 is 10.8 Å². The molecule has 10 heteroatoms. The molecule has 0 bridgehead atoms. The maximum Gasteiger partial charge on any atom is 0.396 e. The fourth-order valence-corrected chi connectivity index (χ4v) is 3.85. The van der Waals surface area contributed by atoms with Crippen molar-refractivity contribution >= 4 is 40.2 Å². The molecule has 0 aliphatic rings. The van der Waals surface area contributed by atoms with Gasteiger partial charge in [0.15, 0.2) is 5.69 Å². The minimum atomic E-state index is -1.81. The molecule has 144 valence electrons. The van der Waals surface area contributed by atoms with E-state index >= 15 is 0 Å². The van der Waals surface area contributed by atoms with Crippen LogP contribution in [0.4, 0.5) is 11.5 Å². The maximum absolute atomic E-state index is 11.9. The third kappa shape index (κ3) is 5.63. The molecule has 0 saturated carbocycles. The highest BCUT2D eigenvalue weighted by atomic mass is 32.2. The van der Waals surface area contributed by atoms with Crippen molar-refractivity contribution in [3.05, 3.63) is 28.5 Å². The Bertz CT molecular complexity index is 730. The Balaban J connectivity index is 1.77. The number of ether oxygens (including phenoxy) is 1. The summed E-state index contributed by atoms with van der Waals surface area (Å²) in [4.78, 5) is 13.7. The summed E-state index contributed by atoms with van der Waals surface area (Å²) >= 11 is 1.69. The Morgan fingerprint density at radius 3 is 2.88 bits per heavy atom. The van der Waals surface area contributed by atoms with Crippen LogP contribution in [0.2, 0.25) is 0 Å². The fraction of sp³-hybridized carbons (Fsp3) is 0.500. The lowest BCUT2D eigenvalue weighted by molar-refractivity contribution is 0.0532. The molecule has 0 spiro atoms. The maximum atomic E-state index is 11.9. The first-order valence-corrected chi connectivity index (χ1v) is 10.4. The van der Waals surface area contributed by atoms with Crippen LogP contribution in [-0.4, -0.2) is 52.8 Å². The molecule has 0 aromatic carbocycles. The van der Waals surface area contributed by atoms with E-state index in [-0.39, 0.29) is 23.0 Å². The molecule has 1 unspecified atom stereocenters. The van der Waals surface area contributed by atoms with Crippen LogP contribution < -0.4 is 11.1 Å². The van der Waals surface area contributed by atoms with E-state index in [9.17, 15) is 9.35 Å². The Morgan fingerprint density at radius 1 is 1.46 bits per heavy atom. The third-order valence-corrected chi connectivity index (χ3v) is 5.35. The monoisotopic (exact) mass is 400 g/mol. The molecule has 2 heterocycles. The average Bonchev–Trinajstić information content (AvgIpc) is 3.11. The number of nitrogen functional groups attached to an aromatic ring is 1. The molecule has 26 heavy (non-hydrogen) atoms. The van der Waals surface area contributed by atoms with Crippen molar-refractivity contribution in [1.82, 2.24) is 9.27 Å². The van der Waals surface area contributed by atoms with Gasteiger partial charge in [-0.05, 0) is 37.5 Å². The van der Waals surface area contributed by atoms with Crippen molar-refractivity contribution in [3.63, 3.8) is 0 Å². The molecule has 1 atom stereocenters. The minimum Gasteiger partial charge on any atom is -0.568 e. The molecule has 0 aliphatic heterocycles. The second-order valence-corrected chi connectivity index (χ2v) is 7.93. The zero-order valence-electron chi connectivity index (χ0n) is 15.1. The number of carbonyl (C=O) groups excluding carboxylic acids is 1. The number of aromatic nitrogens is 1. The number of hydrogen-bond donors (Lipinski definition) is 2. The molecule has 2 rings (SSSR count). The average molecular weight is 401 g/mol. The fourth-order valence-electron chi connectivity index (χ4n) is 2.20. The van der Waals surface area contributed by atoms with Crippen LogP contribution in [0, 0.1) is 0 Å². The summed E-state index contributed by atoms with van der Waals surface area (Å²) in [5, 5.41) is 3.01. The number of carbonyl (C=O) groups is 1. The normalized spacial score (nSPS) is 11.8. The Kier molecular flexibility index (Phi) is 7.76. The van der Waals surface area contributed by atoms with Crippen LogP contribution in [0.3, 0.4) is 0 Å². The number of rotatable bonds is 10. The zero-order chi connectivity index (χ0) is 19.1. The predicted molar refractivity (Wildman–Crippen MR) is 104 cm³/mol. The van der Waals surface area contributed by atoms with Crippen molar-refractivity contribution in [2.24, 2.45) is 0 Å². The lowest BCUT2D eigenvalue weighted by atomic mass is 10.4. The van der Waals surface area contributed by atoms with Gasteiger partial charge in [-0.2, -0.15) is 11.8 Å². The lowest BCUT2D eigenvalue weighted by Crippen LogP contribution is -2.09. The summed E-state index contributed by atoms with van der Waals surface area (Å²) < 4.78 is 26.4. The van der Waals surface area contributed by atoms with Crippen molar-refractivity contribution in [3.8, 4) is 0 Å². The largest absolute Gasteiger partial charge is 0.568 e. The van der Waals surface area contributed by atoms with Crippen molar-refractivity contribution in [2.75, 3.05) is 44.1 Å². The van der Waals surface area contributed by atoms with Gasteiger partial charge in [-0.25, -0.2) is 4.79 Å². The van der Waals surface area contributed by atoms with Crippen molar-refractivity contribution in [1.29, 1.82) is 0 Å². The molecule has 8 nitrogen and oxygen atoms in total. The van der Waals surface area contributed by atoms with Gasteiger partial charge in [-0.15, -0.1) is 0 Å². The number of nitrogens with two attached hydrogens (primary N) is 1. The SMILES string of the molecule is CCOC(=O)c1c(N)c(NCCSCc2ccc(CN(C)C)o2)n[s+]1[O-]. The first-order chi connectivity index (χ1) is 12.4. The van der Waals surface area contributed by atoms with Gasteiger partial charge in [0.05, 0.1) is 29.9 Å². The van der Waals surface area contributed by atoms with Gasteiger partial charge in [0.25, 0.3) is 0 Å². The van der Waals surface area contributed by atoms with Gasteiger partial charge in [0.2, 0.25) is 5.82 Å². The summed E-state index contributed by atoms with van der Waals surface area (Å²) in [6.07, 6.45) is 0. The van der Waals surface area contributed by atoms with E-state index in [2.05, 4.69) is 14.6 Å². The summed E-state index contributed by atoms with van der Waals surface area (Å²) in [6, 6.07) is 3.97. The number of thioether (sulfide) groups is 1. The molecular weight excluding hydrogens is 376 g/mol. The summed E-state index contributed by atoms with van der Waals surface area (Å²) in [5.41, 5.74) is 5.95. The van der Waals surface area contributed by atoms with Crippen molar-refractivity contribution < 1.29 is 18.5 Å². The highest BCUT2D eigenvalue weighted by Crippen LogP contribution is 2.32. The zero-order valence-corrected chi connectivity index (χ0v) is 16.7. The Hall–Kier alpha value is -1.75. The van der Waals surface area contributed by atoms with Gasteiger partial charge in [-0.3, -0.25) is 0 Å². The van der Waals surface area contributed by atoms with Crippen LogP contribution in [0.25, 0.3) is 0 Å². The van der Waals surface area contributed by atoms with Gasteiger partial charge in [-0.1, -0.05) is 0 Å². The van der Waals surface area contributed by atoms with E-state index in [0.717, 1.165) is 29.6 Å². The molecular formula is C16H24N4O4S2. The first kappa shape index (κ1) is 20.6. The number of nitrogens with zero attached hydrogens (tertiary/aromatic N) is 2. The van der Waals surface area contributed by atoms with E-state index in [0.29, 0.717) is 6.54 Å². The van der Waals surface area contributed by atoms with Gasteiger partial charge in [0.1, 0.15) is 11.5 Å². The molecule has 0 saturated heterocycles. The smallest absolute Gasteiger partial charge is 0.396 e. The highest BCUT2D eigenvalue weighted by molar-refractivity contribution is 7.98. The topological polar surface area (TPSA) is 117 Å². The van der Waals surface area contributed by atoms with E-state index in [1.54, 1.807) is 18.7 Å². The molecule has 0 amide bonds. The summed E-state index contributed by atoms with van der Waals surface area (Å²) in [5.74, 6) is 2.98. The first-order valence-electron chi connectivity index (χ1n) is 8.14. The second-order valence-electron chi connectivity index (χ2n) is 5.74. The van der Waals surface area contributed by atoms with Crippen molar-refractivity contribution in [2.45, 2.75) is 19.2 Å². The van der Waals surface area contributed by atoms with Crippen LogP contribution in [-0.2, 0) is 17.0 Å². The Labute approximate surface area is 160 Å². The number of anilines is 2. The number of nitrogens with one attached hydrogen (secondary N) is 1. The lowest BCUT2D eigenvalue weighted by Gasteiger charge is -2.06. The predicted octanol–water partition coefficient (Wildman–Crippen LogP) is 2.57. The van der Waals surface area contributed by atoms with E-state index in [1.165, 1.54) is 0 Å². The molecule has 2 aromatic rings. The quantitative estimate of drug-likeness (QED) is 0.352. The molecule has 0 radical (unpaired) electrons. The van der Waals surface area contributed by atoms with E-state index in [1.807, 2.05) is 26.2 Å². The van der Waals surface area contributed by atoms with E-state index in [4.69, 9.17) is 14.9 Å². The Morgan fingerprint density at radius 2 is 2.19 bits per heavy atom. The van der Waals surface area contributed by atoms with E-state index < -0.39 is 16.9 Å². The number of furan rings is 1. The second kappa shape index (κ2) is 9.81. The summed E-state index contributed by atoms with van der Waals surface area (Å²) in [7, 11) is 2.18. The van der Waals surface area contributed by atoms with Crippen LogP contribution in [0.5, 0.6) is 0 Å². The molecule has 0 fully saturated rings. The molecule has 0 aliphatic carbocycles. The van der Waals surface area contributed by atoms with Crippen LogP contribution in [0.1, 0.15) is 28.1 Å². The minimum absolute atomic E-state index is 0.0890.